The van der Waals surface area contributed by atoms with Crippen LogP contribution < -0.4 is 4.87 Å². The molecule has 1 aromatic carbocycles. The Morgan fingerprint density at radius 2 is 2.13 bits per heavy atom. The van der Waals surface area contributed by atoms with Gasteiger partial charge in [-0.25, -0.2) is 0 Å². The Hall–Kier alpha value is -1.42. The van der Waals surface area contributed by atoms with Gasteiger partial charge in [0.25, 0.3) is 0 Å². The van der Waals surface area contributed by atoms with Gasteiger partial charge in [-0.05, 0) is 19.1 Å². The lowest BCUT2D eigenvalue weighted by Crippen LogP contribution is -2.14. The van der Waals surface area contributed by atoms with Crippen molar-refractivity contribution < 1.29 is 4.79 Å². The number of aryl methyl sites for hydroxylation is 1. The van der Waals surface area contributed by atoms with Gasteiger partial charge in [-0.3, -0.25) is 14.2 Å². The topological polar surface area (TPSA) is 39.1 Å². The second-order valence-electron chi connectivity index (χ2n) is 3.44. The largest absolute Gasteiger partial charge is 0.308 e. The number of thiazole rings is 1. The summed E-state index contributed by atoms with van der Waals surface area (Å²) in [5.74, 6) is 0.109. The maximum absolute atomic E-state index is 11.6. The van der Waals surface area contributed by atoms with Crippen molar-refractivity contribution in [3.8, 4) is 0 Å². The molecule has 0 fully saturated rings. The predicted octanol–water partition coefficient (Wildman–Crippen LogP) is 2.04. The summed E-state index contributed by atoms with van der Waals surface area (Å²) in [7, 11) is 0. The summed E-state index contributed by atoms with van der Waals surface area (Å²) in [5.41, 5.74) is 0.925. The quantitative estimate of drug-likeness (QED) is 0.795. The molecule has 0 aliphatic rings. The van der Waals surface area contributed by atoms with E-state index in [2.05, 4.69) is 0 Å². The molecule has 0 aliphatic carbocycles. The molecule has 78 valence electrons. The lowest BCUT2D eigenvalue weighted by molar-refractivity contribution is -0.117. The van der Waals surface area contributed by atoms with Crippen LogP contribution in [0.4, 0.5) is 0 Å². The fourth-order valence-corrected chi connectivity index (χ4v) is 2.41. The second-order valence-corrected chi connectivity index (χ2v) is 4.43. The van der Waals surface area contributed by atoms with Gasteiger partial charge in [-0.1, -0.05) is 23.5 Å². The van der Waals surface area contributed by atoms with Crippen molar-refractivity contribution >= 4 is 27.3 Å². The van der Waals surface area contributed by atoms with Crippen LogP contribution in [-0.4, -0.2) is 10.4 Å². The van der Waals surface area contributed by atoms with Gasteiger partial charge < -0.3 is 0 Å². The van der Waals surface area contributed by atoms with E-state index in [4.69, 9.17) is 0 Å². The van der Waals surface area contributed by atoms with Crippen LogP contribution in [0.5, 0.6) is 0 Å². The van der Waals surface area contributed by atoms with Gasteiger partial charge >= 0.3 is 4.87 Å². The van der Waals surface area contributed by atoms with E-state index < -0.39 is 0 Å². The Morgan fingerprint density at radius 1 is 1.40 bits per heavy atom. The van der Waals surface area contributed by atoms with Crippen LogP contribution in [0.1, 0.15) is 13.3 Å². The number of carbonyl (C=O) groups is 1. The number of carbonyl (C=O) groups excluding carboxylic acids is 1. The summed E-state index contributed by atoms with van der Waals surface area (Å²) >= 11 is 1.23. The van der Waals surface area contributed by atoms with Crippen LogP contribution in [0.15, 0.2) is 29.1 Å². The summed E-state index contributed by atoms with van der Waals surface area (Å²) in [6.45, 7) is 2.03. The molecule has 0 amide bonds. The standard InChI is InChI=1S/C11H11NO2S/c1-8(13)6-7-12-9-4-2-3-5-10(9)15-11(12)14/h2-5H,6-7H2,1H3. The number of benzene rings is 1. The Labute approximate surface area is 91.0 Å². The highest BCUT2D eigenvalue weighted by molar-refractivity contribution is 7.16. The number of hydrogen-bond donors (Lipinski definition) is 0. The Balaban J connectivity index is 2.45. The SMILES string of the molecule is CC(=O)CCn1c(=O)sc2ccccc21. The van der Waals surface area contributed by atoms with Gasteiger partial charge in [-0.2, -0.15) is 0 Å². The minimum atomic E-state index is 0.0115. The van der Waals surface area contributed by atoms with Crippen molar-refractivity contribution in [2.75, 3.05) is 0 Å². The molecule has 0 aliphatic heterocycles. The third-order valence-corrected chi connectivity index (χ3v) is 3.22. The predicted molar refractivity (Wildman–Crippen MR) is 61.4 cm³/mol. The molecular formula is C11H11NO2S. The molecule has 0 atom stereocenters. The van der Waals surface area contributed by atoms with Gasteiger partial charge in [0.1, 0.15) is 5.78 Å². The van der Waals surface area contributed by atoms with Crippen LogP contribution in [0.3, 0.4) is 0 Å². The maximum atomic E-state index is 11.6. The third-order valence-electron chi connectivity index (χ3n) is 2.26. The molecule has 15 heavy (non-hydrogen) atoms. The summed E-state index contributed by atoms with van der Waals surface area (Å²) in [6.07, 6.45) is 0.417. The van der Waals surface area contributed by atoms with Gasteiger partial charge in [0.15, 0.2) is 0 Å². The first kappa shape index (κ1) is 10.1. The zero-order valence-electron chi connectivity index (χ0n) is 8.40. The van der Waals surface area contributed by atoms with Crippen molar-refractivity contribution in [2.45, 2.75) is 19.9 Å². The zero-order valence-corrected chi connectivity index (χ0v) is 9.21. The summed E-state index contributed by atoms with van der Waals surface area (Å²) in [4.78, 5) is 22.5. The highest BCUT2D eigenvalue weighted by Crippen LogP contribution is 2.16. The Kier molecular flexibility index (Phi) is 2.68. The lowest BCUT2D eigenvalue weighted by atomic mass is 10.3. The molecule has 1 heterocycles. The van der Waals surface area contributed by atoms with Crippen molar-refractivity contribution in [1.29, 1.82) is 0 Å². The number of Topliss-reactive ketones (excluding diaryl/α,β-unsaturated/α-hetero) is 1. The minimum absolute atomic E-state index is 0.0115. The minimum Gasteiger partial charge on any atom is -0.300 e. The van der Waals surface area contributed by atoms with E-state index in [1.165, 1.54) is 11.3 Å². The van der Waals surface area contributed by atoms with Crippen LogP contribution in [0, 0.1) is 0 Å². The molecule has 0 spiro atoms. The average molecular weight is 221 g/mol. The first-order valence-corrected chi connectivity index (χ1v) is 5.58. The molecule has 0 unspecified atom stereocenters. The smallest absolute Gasteiger partial charge is 0.300 e. The zero-order chi connectivity index (χ0) is 10.8. The molecule has 0 N–H and O–H groups in total. The third kappa shape index (κ3) is 1.99. The summed E-state index contributed by atoms with van der Waals surface area (Å²) < 4.78 is 2.65. The summed E-state index contributed by atoms with van der Waals surface area (Å²) in [5, 5.41) is 0. The van der Waals surface area contributed by atoms with E-state index in [0.717, 1.165) is 10.2 Å². The normalized spacial score (nSPS) is 10.7. The number of nitrogens with zero attached hydrogens (tertiary/aromatic N) is 1. The first-order chi connectivity index (χ1) is 7.18. The van der Waals surface area contributed by atoms with Crippen LogP contribution in [0.25, 0.3) is 10.2 Å². The number of hydrogen-bond acceptors (Lipinski definition) is 3. The first-order valence-electron chi connectivity index (χ1n) is 4.76. The highest BCUT2D eigenvalue weighted by Gasteiger charge is 2.06. The number of rotatable bonds is 3. The van der Waals surface area contributed by atoms with Gasteiger partial charge in [0, 0.05) is 13.0 Å². The molecule has 1 aromatic heterocycles. The van der Waals surface area contributed by atoms with E-state index in [9.17, 15) is 9.59 Å². The molecule has 0 bridgehead atoms. The molecular weight excluding hydrogens is 210 g/mol. The fourth-order valence-electron chi connectivity index (χ4n) is 1.49. The monoisotopic (exact) mass is 221 g/mol. The van der Waals surface area contributed by atoms with E-state index >= 15 is 0 Å². The van der Waals surface area contributed by atoms with Crippen molar-refractivity contribution in [3.63, 3.8) is 0 Å². The highest BCUT2D eigenvalue weighted by atomic mass is 32.1. The lowest BCUT2D eigenvalue weighted by Gasteiger charge is -2.00. The number of fused-ring (bicyclic) bond motifs is 1. The summed E-state index contributed by atoms with van der Waals surface area (Å²) in [6, 6.07) is 7.64. The van der Waals surface area contributed by atoms with Crippen LogP contribution in [0.2, 0.25) is 0 Å². The molecule has 0 radical (unpaired) electrons. The van der Waals surface area contributed by atoms with E-state index in [1.807, 2.05) is 24.3 Å². The molecule has 2 rings (SSSR count). The number of aromatic nitrogens is 1. The van der Waals surface area contributed by atoms with Crippen LogP contribution >= 0.6 is 11.3 Å². The van der Waals surface area contributed by atoms with Gasteiger partial charge in [-0.15, -0.1) is 0 Å². The molecule has 0 saturated carbocycles. The second kappa shape index (κ2) is 3.98. The fraction of sp³-hybridized carbons (Fsp3) is 0.273. The average Bonchev–Trinajstić information content (AvgIpc) is 2.50. The number of ketones is 1. The van der Waals surface area contributed by atoms with E-state index in [1.54, 1.807) is 11.5 Å². The molecule has 0 saturated heterocycles. The van der Waals surface area contributed by atoms with Crippen LogP contribution in [-0.2, 0) is 11.3 Å². The van der Waals surface area contributed by atoms with Crippen molar-refractivity contribution in [3.05, 3.63) is 33.9 Å². The molecule has 2 aromatic rings. The Bertz CT molecular complexity index is 553. The van der Waals surface area contributed by atoms with Crippen molar-refractivity contribution in [2.24, 2.45) is 0 Å². The molecule has 3 nitrogen and oxygen atoms in total. The number of para-hydroxylation sites is 1. The van der Waals surface area contributed by atoms with Crippen molar-refractivity contribution in [1.82, 2.24) is 4.57 Å². The van der Waals surface area contributed by atoms with Gasteiger partial charge in [0.2, 0.25) is 0 Å². The molecule has 4 heteroatoms. The Morgan fingerprint density at radius 3 is 2.87 bits per heavy atom. The maximum Gasteiger partial charge on any atom is 0.308 e. The van der Waals surface area contributed by atoms with E-state index in [0.29, 0.717) is 13.0 Å². The van der Waals surface area contributed by atoms with Gasteiger partial charge in [0.05, 0.1) is 10.2 Å². The van der Waals surface area contributed by atoms with E-state index in [-0.39, 0.29) is 10.7 Å².